The molecule has 0 unspecified atom stereocenters. The smallest absolute Gasteiger partial charge is 0.166 e. The molecule has 0 radical (unpaired) electrons. The molecule has 114 valence electrons. The minimum Gasteiger partial charge on any atom is -0.395 e. The maximum atomic E-state index is 10.2. The molecule has 0 saturated carbocycles. The summed E-state index contributed by atoms with van der Waals surface area (Å²) in [4.78, 5) is 14.6. The molecule has 0 aliphatic carbocycles. The molecule has 4 atom stereocenters. The molecule has 0 aromatic carbocycles. The Morgan fingerprint density at radius 1 is 1.24 bits per heavy atom. The van der Waals surface area contributed by atoms with Gasteiger partial charge in [-0.15, -0.1) is 11.8 Å². The zero-order chi connectivity index (χ0) is 15.1. The van der Waals surface area contributed by atoms with Gasteiger partial charge in [-0.1, -0.05) is 0 Å². The lowest BCUT2D eigenvalue weighted by molar-refractivity contribution is 0.0113. The van der Waals surface area contributed by atoms with Crippen LogP contribution in [0.15, 0.2) is 12.7 Å². The van der Waals surface area contributed by atoms with Crippen LogP contribution >= 0.6 is 11.8 Å². The van der Waals surface area contributed by atoms with Crippen LogP contribution in [0.4, 0.5) is 5.82 Å². The van der Waals surface area contributed by atoms with Gasteiger partial charge in [0.1, 0.15) is 17.8 Å². The number of hydrogen-bond donors (Lipinski definition) is 3. The van der Waals surface area contributed by atoms with Crippen molar-refractivity contribution in [3.63, 3.8) is 0 Å². The van der Waals surface area contributed by atoms with Gasteiger partial charge in [0.05, 0.1) is 24.3 Å². The van der Waals surface area contributed by atoms with Crippen LogP contribution in [-0.4, -0.2) is 73.0 Å². The van der Waals surface area contributed by atoms with Crippen molar-refractivity contribution >= 4 is 28.7 Å². The molecule has 1 saturated heterocycles. The predicted molar refractivity (Wildman–Crippen MR) is 79.2 cm³/mol. The lowest BCUT2D eigenvalue weighted by Gasteiger charge is -2.17. The van der Waals surface area contributed by atoms with Crippen molar-refractivity contribution in [1.29, 1.82) is 0 Å². The van der Waals surface area contributed by atoms with Crippen LogP contribution in [0.5, 0.6) is 0 Å². The van der Waals surface area contributed by atoms with E-state index in [9.17, 15) is 15.3 Å². The van der Waals surface area contributed by atoms with Crippen molar-refractivity contribution < 1.29 is 15.3 Å². The Morgan fingerprint density at radius 2 is 2.00 bits per heavy atom. The molecule has 1 aliphatic rings. The van der Waals surface area contributed by atoms with Crippen molar-refractivity contribution in [3.8, 4) is 0 Å². The number of thioether (sulfide) groups is 1. The molecular weight excluding hydrogens is 294 g/mol. The highest BCUT2D eigenvalue weighted by Crippen LogP contribution is 2.42. The molecule has 0 amide bonds. The average Bonchev–Trinajstić information content (AvgIpc) is 3.01. The zero-order valence-electron chi connectivity index (χ0n) is 11.7. The van der Waals surface area contributed by atoms with Gasteiger partial charge in [-0.05, 0) is 0 Å². The molecular formula is C12H17N5O3S. The second kappa shape index (κ2) is 5.41. The van der Waals surface area contributed by atoms with Gasteiger partial charge in [-0.25, -0.2) is 15.0 Å². The van der Waals surface area contributed by atoms with Crippen LogP contribution in [-0.2, 0) is 0 Å². The van der Waals surface area contributed by atoms with E-state index >= 15 is 0 Å². The van der Waals surface area contributed by atoms with E-state index in [0.29, 0.717) is 17.0 Å². The Bertz CT molecular complexity index is 649. The number of aliphatic hydroxyl groups excluding tert-OH is 3. The molecule has 21 heavy (non-hydrogen) atoms. The van der Waals surface area contributed by atoms with Gasteiger partial charge in [0.2, 0.25) is 0 Å². The fourth-order valence-electron chi connectivity index (χ4n) is 2.46. The van der Waals surface area contributed by atoms with Crippen LogP contribution in [0.1, 0.15) is 5.37 Å². The number of hydrogen-bond acceptors (Lipinski definition) is 8. The fraction of sp³-hybridized carbons (Fsp3) is 0.583. The number of aromatic nitrogens is 4. The van der Waals surface area contributed by atoms with Crippen molar-refractivity contribution in [2.75, 3.05) is 25.6 Å². The summed E-state index contributed by atoms with van der Waals surface area (Å²) in [6.07, 6.45) is 1.07. The van der Waals surface area contributed by atoms with Gasteiger partial charge in [-0.3, -0.25) is 4.57 Å². The van der Waals surface area contributed by atoms with Gasteiger partial charge >= 0.3 is 0 Å². The molecule has 3 rings (SSSR count). The number of anilines is 1. The maximum absolute atomic E-state index is 10.2. The number of imidazole rings is 1. The molecule has 1 aliphatic heterocycles. The van der Waals surface area contributed by atoms with Crippen LogP contribution in [0.3, 0.4) is 0 Å². The summed E-state index contributed by atoms with van der Waals surface area (Å²) in [5.74, 6) is 0.690. The first-order valence-electron chi connectivity index (χ1n) is 6.52. The topological polar surface area (TPSA) is 108 Å². The summed E-state index contributed by atoms with van der Waals surface area (Å²) >= 11 is 1.31. The lowest BCUT2D eigenvalue weighted by Crippen LogP contribution is -2.32. The van der Waals surface area contributed by atoms with Crippen molar-refractivity contribution in [2.45, 2.75) is 22.8 Å². The van der Waals surface area contributed by atoms with Crippen molar-refractivity contribution in [1.82, 2.24) is 19.5 Å². The van der Waals surface area contributed by atoms with Gasteiger partial charge in [0, 0.05) is 14.1 Å². The summed E-state index contributed by atoms with van der Waals surface area (Å²) in [5, 5.41) is 28.5. The monoisotopic (exact) mass is 311 g/mol. The maximum Gasteiger partial charge on any atom is 0.166 e. The standard InChI is InChI=1S/C12H17N5O3S/c1-16(2)10-7-11(14-4-13-10)17(5-15-7)12-9(20)8(19)6(3-18)21-12/h4-6,8-9,12,18-20H,3H2,1-2H3/t6-,8-,9-,12-/m1/s1. The molecule has 3 heterocycles. The number of fused-ring (bicyclic) bond motifs is 1. The van der Waals surface area contributed by atoms with Gasteiger partial charge in [0.25, 0.3) is 0 Å². The van der Waals surface area contributed by atoms with E-state index in [-0.39, 0.29) is 6.61 Å². The summed E-state index contributed by atoms with van der Waals surface area (Å²) in [6, 6.07) is 0. The summed E-state index contributed by atoms with van der Waals surface area (Å²) in [7, 11) is 3.73. The highest BCUT2D eigenvalue weighted by atomic mass is 32.2. The highest BCUT2D eigenvalue weighted by molar-refractivity contribution is 8.00. The molecule has 9 heteroatoms. The molecule has 2 aromatic heterocycles. The third kappa shape index (κ3) is 2.26. The Kier molecular flexibility index (Phi) is 3.74. The van der Waals surface area contributed by atoms with Crippen LogP contribution in [0.2, 0.25) is 0 Å². The molecule has 8 nitrogen and oxygen atoms in total. The summed E-state index contributed by atoms with van der Waals surface area (Å²) in [5.41, 5.74) is 1.23. The second-order valence-corrected chi connectivity index (χ2v) is 6.51. The number of rotatable bonds is 3. The summed E-state index contributed by atoms with van der Waals surface area (Å²) < 4.78 is 1.72. The van der Waals surface area contributed by atoms with E-state index in [0.717, 1.165) is 0 Å². The molecule has 3 N–H and O–H groups in total. The van der Waals surface area contributed by atoms with E-state index in [2.05, 4.69) is 15.0 Å². The average molecular weight is 311 g/mol. The minimum absolute atomic E-state index is 0.191. The van der Waals surface area contributed by atoms with E-state index in [1.165, 1.54) is 18.1 Å². The van der Waals surface area contributed by atoms with E-state index in [4.69, 9.17) is 0 Å². The Morgan fingerprint density at radius 3 is 2.62 bits per heavy atom. The van der Waals surface area contributed by atoms with Crippen molar-refractivity contribution in [2.24, 2.45) is 0 Å². The molecule has 0 spiro atoms. The van der Waals surface area contributed by atoms with E-state index in [1.807, 2.05) is 19.0 Å². The largest absolute Gasteiger partial charge is 0.395 e. The minimum atomic E-state index is -0.984. The first-order chi connectivity index (χ1) is 10.0. The SMILES string of the molecule is CN(C)c1ncnc2c1ncn2[C@@H]1S[C@H](CO)[C@@H](O)[C@H]1O. The van der Waals surface area contributed by atoms with Gasteiger partial charge < -0.3 is 20.2 Å². The first-order valence-corrected chi connectivity index (χ1v) is 7.46. The van der Waals surface area contributed by atoms with E-state index < -0.39 is 22.8 Å². The lowest BCUT2D eigenvalue weighted by atomic mass is 10.1. The Labute approximate surface area is 125 Å². The normalized spacial score (nSPS) is 29.2. The van der Waals surface area contributed by atoms with Gasteiger partial charge in [-0.2, -0.15) is 0 Å². The van der Waals surface area contributed by atoms with E-state index in [1.54, 1.807) is 10.9 Å². The first kappa shape index (κ1) is 14.5. The Balaban J connectivity index is 2.04. The zero-order valence-corrected chi connectivity index (χ0v) is 12.5. The molecule has 1 fully saturated rings. The third-order valence-corrected chi connectivity index (χ3v) is 5.12. The van der Waals surface area contributed by atoms with Crippen LogP contribution in [0, 0.1) is 0 Å². The predicted octanol–water partition coefficient (Wildman–Crippen LogP) is -0.780. The third-order valence-electron chi connectivity index (χ3n) is 3.55. The quantitative estimate of drug-likeness (QED) is 0.678. The number of aliphatic hydroxyl groups is 3. The van der Waals surface area contributed by atoms with Crippen molar-refractivity contribution in [3.05, 3.63) is 12.7 Å². The second-order valence-electron chi connectivity index (χ2n) is 5.14. The van der Waals surface area contributed by atoms with Crippen LogP contribution in [0.25, 0.3) is 11.2 Å². The number of nitrogens with zero attached hydrogens (tertiary/aromatic N) is 5. The van der Waals surface area contributed by atoms with Crippen LogP contribution < -0.4 is 4.90 Å². The highest BCUT2D eigenvalue weighted by Gasteiger charge is 2.43. The molecule has 0 bridgehead atoms. The Hall–Kier alpha value is -1.42. The fourth-order valence-corrected chi connectivity index (χ4v) is 3.84. The van der Waals surface area contributed by atoms with Gasteiger partial charge in [0.15, 0.2) is 17.0 Å². The molecule has 2 aromatic rings. The summed E-state index contributed by atoms with van der Waals surface area (Å²) in [6.45, 7) is -0.191.